The number of halogens is 2. The lowest BCUT2D eigenvalue weighted by Crippen LogP contribution is -1.87. The molecular formula is C20H15BrINO2. The molecule has 0 aliphatic heterocycles. The van der Waals surface area contributed by atoms with Gasteiger partial charge in [-0.15, -0.1) is 0 Å². The van der Waals surface area contributed by atoms with Crippen LogP contribution >= 0.6 is 38.5 Å². The lowest BCUT2D eigenvalue weighted by molar-refractivity contribution is 0.470. The van der Waals surface area contributed by atoms with Gasteiger partial charge in [0.1, 0.15) is 17.2 Å². The van der Waals surface area contributed by atoms with Crippen molar-refractivity contribution in [3.63, 3.8) is 0 Å². The molecule has 0 saturated heterocycles. The van der Waals surface area contributed by atoms with Gasteiger partial charge in [-0.2, -0.15) is 0 Å². The van der Waals surface area contributed by atoms with Gasteiger partial charge >= 0.3 is 0 Å². The molecule has 0 spiro atoms. The van der Waals surface area contributed by atoms with Crippen molar-refractivity contribution in [2.45, 2.75) is 6.92 Å². The van der Waals surface area contributed by atoms with Crippen LogP contribution in [0.3, 0.4) is 0 Å². The normalized spacial score (nSPS) is 11.0. The standard InChI is InChI=1S/C20H15BrINO2/c1-13-4-2-3-5-19(13)25-17-8-6-16(7-9-17)23-12-14-10-15(21)11-18(22)20(14)24/h2-12,24H,1H3. The number of nitrogens with zero attached hydrogens (tertiary/aromatic N) is 1. The van der Waals surface area contributed by atoms with Crippen molar-refractivity contribution in [1.29, 1.82) is 0 Å². The molecule has 3 aromatic carbocycles. The van der Waals surface area contributed by atoms with E-state index in [1.54, 1.807) is 6.21 Å². The Kier molecular flexibility index (Phi) is 5.75. The number of rotatable bonds is 4. The molecule has 0 atom stereocenters. The molecule has 3 aromatic rings. The lowest BCUT2D eigenvalue weighted by Gasteiger charge is -2.08. The zero-order valence-corrected chi connectivity index (χ0v) is 17.2. The number of aliphatic imine (C=N–C) groups is 1. The van der Waals surface area contributed by atoms with Crippen LogP contribution in [-0.2, 0) is 0 Å². The summed E-state index contributed by atoms with van der Waals surface area (Å²) < 4.78 is 7.55. The molecule has 0 saturated carbocycles. The highest BCUT2D eigenvalue weighted by Gasteiger charge is 2.05. The van der Waals surface area contributed by atoms with Gasteiger partial charge in [-0.1, -0.05) is 34.1 Å². The van der Waals surface area contributed by atoms with Crippen LogP contribution in [0.5, 0.6) is 17.2 Å². The largest absolute Gasteiger partial charge is 0.506 e. The molecule has 1 N–H and O–H groups in total. The molecule has 3 nitrogen and oxygen atoms in total. The average Bonchev–Trinajstić information content (AvgIpc) is 2.60. The number of phenols is 1. The number of hydrogen-bond donors (Lipinski definition) is 1. The minimum atomic E-state index is 0.229. The van der Waals surface area contributed by atoms with Crippen LogP contribution in [0.1, 0.15) is 11.1 Å². The predicted molar refractivity (Wildman–Crippen MR) is 113 cm³/mol. The summed E-state index contributed by atoms with van der Waals surface area (Å²) >= 11 is 5.52. The molecule has 0 aliphatic carbocycles. The Bertz CT molecular complexity index is 923. The topological polar surface area (TPSA) is 41.8 Å². The van der Waals surface area contributed by atoms with Crippen LogP contribution in [0.25, 0.3) is 0 Å². The van der Waals surface area contributed by atoms with E-state index in [1.165, 1.54) is 0 Å². The summed E-state index contributed by atoms with van der Waals surface area (Å²) in [6, 6.07) is 19.1. The summed E-state index contributed by atoms with van der Waals surface area (Å²) in [7, 11) is 0. The van der Waals surface area contributed by atoms with Gasteiger partial charge in [-0.05, 0) is 77.5 Å². The fourth-order valence-corrected chi connectivity index (χ4v) is 3.78. The summed E-state index contributed by atoms with van der Waals surface area (Å²) in [5.41, 5.74) is 2.54. The third kappa shape index (κ3) is 4.61. The number of phenolic OH excluding ortho intramolecular Hbond substituents is 1. The fraction of sp³-hybridized carbons (Fsp3) is 0.0500. The Morgan fingerprint density at radius 2 is 1.80 bits per heavy atom. The third-order valence-corrected chi connectivity index (χ3v) is 4.85. The van der Waals surface area contributed by atoms with Gasteiger partial charge in [0, 0.05) is 16.3 Å². The minimum absolute atomic E-state index is 0.229. The molecule has 0 bridgehead atoms. The number of aromatic hydroxyl groups is 1. The second-order valence-corrected chi connectivity index (χ2v) is 7.52. The van der Waals surface area contributed by atoms with Gasteiger partial charge in [-0.25, -0.2) is 0 Å². The number of benzene rings is 3. The summed E-state index contributed by atoms with van der Waals surface area (Å²) in [5.74, 6) is 1.83. The molecule has 0 aromatic heterocycles. The molecule has 0 aliphatic rings. The quantitative estimate of drug-likeness (QED) is 0.319. The van der Waals surface area contributed by atoms with Crippen LogP contribution in [0.15, 0.2) is 70.1 Å². The lowest BCUT2D eigenvalue weighted by atomic mass is 10.2. The van der Waals surface area contributed by atoms with Crippen LogP contribution in [-0.4, -0.2) is 11.3 Å². The highest BCUT2D eigenvalue weighted by atomic mass is 127. The van der Waals surface area contributed by atoms with Crippen molar-refractivity contribution < 1.29 is 9.84 Å². The van der Waals surface area contributed by atoms with Gasteiger partial charge in [-0.3, -0.25) is 4.99 Å². The van der Waals surface area contributed by atoms with E-state index in [-0.39, 0.29) is 5.75 Å². The summed E-state index contributed by atoms with van der Waals surface area (Å²) in [4.78, 5) is 4.42. The van der Waals surface area contributed by atoms with Gasteiger partial charge in [0.15, 0.2) is 0 Å². The third-order valence-electron chi connectivity index (χ3n) is 3.57. The van der Waals surface area contributed by atoms with E-state index in [0.29, 0.717) is 5.56 Å². The Morgan fingerprint density at radius 1 is 1.08 bits per heavy atom. The molecule has 0 heterocycles. The second-order valence-electron chi connectivity index (χ2n) is 5.45. The molecule has 0 amide bonds. The van der Waals surface area contributed by atoms with E-state index < -0.39 is 0 Å². The minimum Gasteiger partial charge on any atom is -0.506 e. The summed E-state index contributed by atoms with van der Waals surface area (Å²) in [5, 5.41) is 10.1. The maximum atomic E-state index is 10.1. The Labute approximate surface area is 168 Å². The van der Waals surface area contributed by atoms with Crippen molar-refractivity contribution in [2.24, 2.45) is 4.99 Å². The summed E-state index contributed by atoms with van der Waals surface area (Å²) in [6.07, 6.45) is 1.65. The monoisotopic (exact) mass is 507 g/mol. The molecular weight excluding hydrogens is 493 g/mol. The fourth-order valence-electron chi connectivity index (χ4n) is 2.23. The number of para-hydroxylation sites is 1. The average molecular weight is 508 g/mol. The van der Waals surface area contributed by atoms with E-state index in [2.05, 4.69) is 43.5 Å². The van der Waals surface area contributed by atoms with E-state index in [4.69, 9.17) is 4.74 Å². The van der Waals surface area contributed by atoms with Crippen LogP contribution in [0, 0.1) is 10.5 Å². The molecule has 5 heteroatoms. The first-order valence-electron chi connectivity index (χ1n) is 7.58. The maximum absolute atomic E-state index is 10.1. The molecule has 0 unspecified atom stereocenters. The van der Waals surface area contributed by atoms with Crippen molar-refractivity contribution in [2.75, 3.05) is 0 Å². The van der Waals surface area contributed by atoms with Gasteiger partial charge in [0.25, 0.3) is 0 Å². The van der Waals surface area contributed by atoms with Crippen molar-refractivity contribution in [1.82, 2.24) is 0 Å². The van der Waals surface area contributed by atoms with Gasteiger partial charge < -0.3 is 9.84 Å². The zero-order chi connectivity index (χ0) is 17.8. The first kappa shape index (κ1) is 17.9. The Balaban J connectivity index is 1.76. The predicted octanol–water partition coefficient (Wildman–Crippen LogP) is 6.61. The van der Waals surface area contributed by atoms with Crippen molar-refractivity contribution >= 4 is 50.4 Å². The Hall–Kier alpha value is -1.86. The maximum Gasteiger partial charge on any atom is 0.137 e. The van der Waals surface area contributed by atoms with E-state index >= 15 is 0 Å². The van der Waals surface area contributed by atoms with Crippen LogP contribution < -0.4 is 4.74 Å². The van der Waals surface area contributed by atoms with Gasteiger partial charge in [0.2, 0.25) is 0 Å². The highest BCUT2D eigenvalue weighted by Crippen LogP contribution is 2.29. The molecule has 25 heavy (non-hydrogen) atoms. The highest BCUT2D eigenvalue weighted by molar-refractivity contribution is 14.1. The molecule has 0 radical (unpaired) electrons. The number of aryl methyl sites for hydroxylation is 1. The van der Waals surface area contributed by atoms with Crippen molar-refractivity contribution in [3.05, 3.63) is 79.8 Å². The van der Waals surface area contributed by atoms with Crippen molar-refractivity contribution in [3.8, 4) is 17.2 Å². The SMILES string of the molecule is Cc1ccccc1Oc1ccc(N=Cc2cc(Br)cc(I)c2O)cc1. The summed E-state index contributed by atoms with van der Waals surface area (Å²) in [6.45, 7) is 2.01. The number of ether oxygens (including phenoxy) is 1. The van der Waals surface area contributed by atoms with Gasteiger partial charge in [0.05, 0.1) is 9.26 Å². The zero-order valence-electron chi connectivity index (χ0n) is 13.4. The van der Waals surface area contributed by atoms with E-state index in [9.17, 15) is 5.11 Å². The van der Waals surface area contributed by atoms with Crippen LogP contribution in [0.4, 0.5) is 5.69 Å². The Morgan fingerprint density at radius 3 is 2.52 bits per heavy atom. The molecule has 0 fully saturated rings. The molecule has 126 valence electrons. The van der Waals surface area contributed by atoms with E-state index in [1.807, 2.05) is 67.6 Å². The van der Waals surface area contributed by atoms with Crippen LogP contribution in [0.2, 0.25) is 0 Å². The molecule has 3 rings (SSSR count). The first-order chi connectivity index (χ1) is 12.0. The smallest absolute Gasteiger partial charge is 0.137 e. The first-order valence-corrected chi connectivity index (χ1v) is 9.46. The van der Waals surface area contributed by atoms with E-state index in [0.717, 1.165) is 30.8 Å². The number of hydrogen-bond acceptors (Lipinski definition) is 3. The second kappa shape index (κ2) is 8.01.